The molecule has 2 aromatic rings. The van der Waals surface area contributed by atoms with Crippen molar-refractivity contribution in [3.63, 3.8) is 0 Å². The maximum atomic E-state index is 12.5. The third-order valence-corrected chi connectivity index (χ3v) is 4.78. The fourth-order valence-corrected chi connectivity index (χ4v) is 3.08. The Morgan fingerprint density at radius 1 is 1.23 bits per heavy atom. The molecule has 2 aromatic carbocycles. The molecule has 0 saturated carbocycles. The van der Waals surface area contributed by atoms with E-state index >= 15 is 0 Å². The normalized spacial score (nSPS) is 14.5. The number of hydrogen-bond donors (Lipinski definition) is 1. The van der Waals surface area contributed by atoms with Gasteiger partial charge in [0.1, 0.15) is 24.6 Å². The van der Waals surface area contributed by atoms with E-state index in [4.69, 9.17) is 4.74 Å². The maximum absolute atomic E-state index is 12.5. The second kappa shape index (κ2) is 9.39. The van der Waals surface area contributed by atoms with Gasteiger partial charge in [0, 0.05) is 22.2 Å². The van der Waals surface area contributed by atoms with Crippen LogP contribution in [0.1, 0.15) is 11.1 Å². The van der Waals surface area contributed by atoms with Crippen molar-refractivity contribution in [3.05, 3.63) is 73.9 Å². The molecule has 10 nitrogen and oxygen atoms in total. The van der Waals surface area contributed by atoms with E-state index in [1.807, 2.05) is 0 Å². The molecule has 3 rings (SSSR count). The molecule has 1 aliphatic rings. The Hall–Kier alpha value is -3.73. The highest BCUT2D eigenvalue weighted by atomic mass is 79.9. The number of esters is 1. The number of nitrogens with zero attached hydrogens (tertiary/aromatic N) is 2. The number of nitro groups is 1. The van der Waals surface area contributed by atoms with Gasteiger partial charge in [-0.2, -0.15) is 0 Å². The molecule has 11 heteroatoms. The summed E-state index contributed by atoms with van der Waals surface area (Å²) in [7, 11) is 1.16. The Morgan fingerprint density at radius 3 is 2.58 bits per heavy atom. The second-order valence-electron chi connectivity index (χ2n) is 6.35. The monoisotopic (exact) mass is 489 g/mol. The smallest absolute Gasteiger partial charge is 0.329 e. The number of urea groups is 1. The van der Waals surface area contributed by atoms with Gasteiger partial charge in [0.2, 0.25) is 0 Å². The van der Waals surface area contributed by atoms with E-state index in [2.05, 4.69) is 26.0 Å². The molecule has 1 saturated heterocycles. The van der Waals surface area contributed by atoms with Crippen LogP contribution in [0.5, 0.6) is 5.75 Å². The third kappa shape index (κ3) is 5.25. The SMILES string of the molecule is COC(=O)CN1C(=O)NC(=Cc2cc(Br)ccc2OCc2ccc([N+](=O)[O-])cc2)C1=O. The summed E-state index contributed by atoms with van der Waals surface area (Å²) in [5.74, 6) is -0.974. The van der Waals surface area contributed by atoms with Crippen LogP contribution in [-0.4, -0.2) is 41.4 Å². The summed E-state index contributed by atoms with van der Waals surface area (Å²) in [4.78, 5) is 47.0. The van der Waals surface area contributed by atoms with E-state index in [0.717, 1.165) is 12.0 Å². The first-order valence-electron chi connectivity index (χ1n) is 8.85. The van der Waals surface area contributed by atoms with Crippen LogP contribution in [-0.2, 0) is 20.9 Å². The van der Waals surface area contributed by atoms with Crippen LogP contribution in [0.4, 0.5) is 10.5 Å². The lowest BCUT2D eigenvalue weighted by atomic mass is 10.1. The Kier molecular flexibility index (Phi) is 6.65. The van der Waals surface area contributed by atoms with Gasteiger partial charge in [0.25, 0.3) is 11.6 Å². The van der Waals surface area contributed by atoms with Crippen molar-refractivity contribution >= 4 is 45.6 Å². The standard InChI is InChI=1S/C20H16BrN3O7/c1-30-18(25)10-23-19(26)16(22-20(23)27)9-13-8-14(21)4-7-17(13)31-11-12-2-5-15(6-3-12)24(28)29/h2-9H,10-11H2,1H3,(H,22,27). The number of carbonyl (C=O) groups excluding carboxylic acids is 3. The predicted molar refractivity (Wildman–Crippen MR) is 112 cm³/mol. The number of nitrogens with one attached hydrogen (secondary N) is 1. The molecule has 0 aliphatic carbocycles. The molecule has 0 bridgehead atoms. The number of hydrogen-bond acceptors (Lipinski definition) is 7. The molecule has 0 unspecified atom stereocenters. The Balaban J connectivity index is 1.80. The predicted octanol–water partition coefficient (Wildman–Crippen LogP) is 3.00. The molecule has 0 spiro atoms. The van der Waals surface area contributed by atoms with Crippen LogP contribution >= 0.6 is 15.9 Å². The van der Waals surface area contributed by atoms with Crippen LogP contribution in [0.15, 0.2) is 52.6 Å². The summed E-state index contributed by atoms with van der Waals surface area (Å²) in [5.41, 5.74) is 1.17. The zero-order chi connectivity index (χ0) is 22.5. The lowest BCUT2D eigenvalue weighted by Gasteiger charge is -2.11. The van der Waals surface area contributed by atoms with Crippen molar-refractivity contribution in [1.29, 1.82) is 0 Å². The molecule has 1 fully saturated rings. The highest BCUT2D eigenvalue weighted by molar-refractivity contribution is 9.10. The van der Waals surface area contributed by atoms with Crippen LogP contribution < -0.4 is 10.1 Å². The summed E-state index contributed by atoms with van der Waals surface area (Å²) in [6, 6.07) is 10.3. The molecule has 1 N–H and O–H groups in total. The van der Waals surface area contributed by atoms with Crippen molar-refractivity contribution in [1.82, 2.24) is 10.2 Å². The molecular formula is C20H16BrN3O7. The van der Waals surface area contributed by atoms with E-state index in [1.165, 1.54) is 18.2 Å². The Morgan fingerprint density at radius 2 is 1.94 bits per heavy atom. The molecule has 1 aliphatic heterocycles. The number of non-ortho nitro benzene ring substituents is 1. The van der Waals surface area contributed by atoms with Gasteiger partial charge < -0.3 is 14.8 Å². The van der Waals surface area contributed by atoms with Gasteiger partial charge in [-0.25, -0.2) is 9.69 Å². The number of rotatable bonds is 7. The number of halogens is 1. The number of methoxy groups -OCH3 is 1. The highest BCUT2D eigenvalue weighted by Crippen LogP contribution is 2.27. The zero-order valence-corrected chi connectivity index (χ0v) is 17.7. The molecule has 3 amide bonds. The van der Waals surface area contributed by atoms with Crippen molar-refractivity contribution < 1.29 is 28.8 Å². The molecule has 0 radical (unpaired) electrons. The zero-order valence-electron chi connectivity index (χ0n) is 16.2. The summed E-state index contributed by atoms with van der Waals surface area (Å²) < 4.78 is 11.0. The van der Waals surface area contributed by atoms with Gasteiger partial charge in [-0.05, 0) is 42.0 Å². The van der Waals surface area contributed by atoms with Crippen LogP contribution in [0, 0.1) is 10.1 Å². The second-order valence-corrected chi connectivity index (χ2v) is 7.27. The number of ether oxygens (including phenoxy) is 2. The molecular weight excluding hydrogens is 474 g/mol. The minimum Gasteiger partial charge on any atom is -0.488 e. The summed E-state index contributed by atoms with van der Waals surface area (Å²) in [6.07, 6.45) is 1.44. The fraction of sp³-hybridized carbons (Fsp3) is 0.150. The minimum atomic E-state index is -0.731. The summed E-state index contributed by atoms with van der Waals surface area (Å²) in [5, 5.41) is 13.2. The summed E-state index contributed by atoms with van der Waals surface area (Å²) in [6.45, 7) is -0.370. The van der Waals surface area contributed by atoms with Crippen LogP contribution in [0.3, 0.4) is 0 Å². The number of carbonyl (C=O) groups is 3. The average Bonchev–Trinajstić information content (AvgIpc) is 3.00. The third-order valence-electron chi connectivity index (χ3n) is 4.29. The average molecular weight is 490 g/mol. The van der Waals surface area contributed by atoms with E-state index in [-0.39, 0.29) is 18.0 Å². The van der Waals surface area contributed by atoms with Gasteiger partial charge in [-0.15, -0.1) is 0 Å². The topological polar surface area (TPSA) is 128 Å². The van der Waals surface area contributed by atoms with Gasteiger partial charge in [0.05, 0.1) is 12.0 Å². The first kappa shape index (κ1) is 22.0. The van der Waals surface area contributed by atoms with E-state index < -0.39 is 29.4 Å². The van der Waals surface area contributed by atoms with Crippen molar-refractivity contribution in [2.75, 3.05) is 13.7 Å². The summed E-state index contributed by atoms with van der Waals surface area (Å²) >= 11 is 3.35. The minimum absolute atomic E-state index is 0.0211. The van der Waals surface area contributed by atoms with Crippen molar-refractivity contribution in [2.24, 2.45) is 0 Å². The number of nitro benzene ring substituents is 1. The van der Waals surface area contributed by atoms with Gasteiger partial charge in [-0.1, -0.05) is 15.9 Å². The van der Waals surface area contributed by atoms with E-state index in [1.54, 1.807) is 30.3 Å². The largest absolute Gasteiger partial charge is 0.488 e. The van der Waals surface area contributed by atoms with E-state index in [0.29, 0.717) is 21.3 Å². The van der Waals surface area contributed by atoms with Crippen LogP contribution in [0.25, 0.3) is 6.08 Å². The molecule has 31 heavy (non-hydrogen) atoms. The van der Waals surface area contributed by atoms with E-state index in [9.17, 15) is 24.5 Å². The first-order valence-corrected chi connectivity index (χ1v) is 9.65. The fourth-order valence-electron chi connectivity index (χ4n) is 2.70. The molecule has 0 atom stereocenters. The van der Waals surface area contributed by atoms with Gasteiger partial charge in [0.15, 0.2) is 0 Å². The van der Waals surface area contributed by atoms with Crippen LogP contribution in [0.2, 0.25) is 0 Å². The Labute approximate surface area is 184 Å². The van der Waals surface area contributed by atoms with Crippen molar-refractivity contribution in [2.45, 2.75) is 6.61 Å². The van der Waals surface area contributed by atoms with Crippen molar-refractivity contribution in [3.8, 4) is 5.75 Å². The van der Waals surface area contributed by atoms with Gasteiger partial charge in [-0.3, -0.25) is 19.7 Å². The lowest BCUT2D eigenvalue weighted by molar-refractivity contribution is -0.384. The highest BCUT2D eigenvalue weighted by Gasteiger charge is 2.35. The first-order chi connectivity index (χ1) is 14.8. The molecule has 1 heterocycles. The maximum Gasteiger partial charge on any atom is 0.329 e. The Bertz CT molecular complexity index is 1080. The number of amides is 3. The number of benzene rings is 2. The molecule has 160 valence electrons. The lowest BCUT2D eigenvalue weighted by Crippen LogP contribution is -2.36. The van der Waals surface area contributed by atoms with Gasteiger partial charge >= 0.3 is 12.0 Å². The molecule has 0 aromatic heterocycles. The quantitative estimate of drug-likeness (QED) is 0.208. The number of imide groups is 1.